The number of rotatable bonds is 6. The van der Waals surface area contributed by atoms with E-state index in [1.807, 2.05) is 72.8 Å². The van der Waals surface area contributed by atoms with Crippen molar-refractivity contribution < 1.29 is 13.2 Å². The lowest BCUT2D eigenvalue weighted by Crippen LogP contribution is -2.35. The Labute approximate surface area is 197 Å². The fourth-order valence-corrected chi connectivity index (χ4v) is 5.04. The molecule has 0 saturated carbocycles. The van der Waals surface area contributed by atoms with Crippen LogP contribution in [0.4, 0.5) is 5.82 Å². The predicted octanol–water partition coefficient (Wildman–Crippen LogP) is 4.41. The minimum absolute atomic E-state index is 0.140. The standard InChI is InChI=1S/C26H22N4O3S/c1-29(34(32,33)22-15-14-19-9-5-6-12-21(19)17-22)18-24(31)28-26-25(20-10-3-2-4-11-20)27-23-13-7-8-16-30(23)26/h2-17H,18H2,1H3,(H,28,31). The molecule has 2 heterocycles. The van der Waals surface area contributed by atoms with Crippen LogP contribution in [0.1, 0.15) is 0 Å². The van der Waals surface area contributed by atoms with Crippen LogP contribution in [0.25, 0.3) is 27.7 Å². The summed E-state index contributed by atoms with van der Waals surface area (Å²) in [6, 6.07) is 27.6. The van der Waals surface area contributed by atoms with Crippen molar-refractivity contribution in [3.05, 3.63) is 97.2 Å². The summed E-state index contributed by atoms with van der Waals surface area (Å²) in [6.45, 7) is -0.344. The molecule has 0 bridgehead atoms. The molecule has 5 aromatic rings. The Morgan fingerprint density at radius 3 is 2.41 bits per heavy atom. The lowest BCUT2D eigenvalue weighted by atomic mass is 10.1. The van der Waals surface area contributed by atoms with Gasteiger partial charge in [0.25, 0.3) is 0 Å². The monoisotopic (exact) mass is 470 g/mol. The van der Waals surface area contributed by atoms with Gasteiger partial charge in [0.2, 0.25) is 15.9 Å². The summed E-state index contributed by atoms with van der Waals surface area (Å²) >= 11 is 0. The maximum atomic E-state index is 13.1. The first-order valence-corrected chi connectivity index (χ1v) is 12.1. The van der Waals surface area contributed by atoms with E-state index in [-0.39, 0.29) is 11.4 Å². The molecule has 0 aliphatic heterocycles. The maximum absolute atomic E-state index is 13.1. The van der Waals surface area contributed by atoms with Crippen molar-refractivity contribution in [2.45, 2.75) is 4.90 Å². The molecule has 0 aliphatic rings. The SMILES string of the molecule is CN(CC(=O)Nc1c(-c2ccccc2)nc2ccccn12)S(=O)(=O)c1ccc2ccccc2c1. The summed E-state index contributed by atoms with van der Waals surface area (Å²) in [5.74, 6) is 0.0259. The van der Waals surface area contributed by atoms with Crippen LogP contribution in [0.3, 0.4) is 0 Å². The molecule has 170 valence electrons. The largest absolute Gasteiger partial charge is 0.309 e. The van der Waals surface area contributed by atoms with Gasteiger partial charge in [-0.2, -0.15) is 4.31 Å². The second kappa shape index (κ2) is 8.74. The first-order valence-electron chi connectivity index (χ1n) is 10.7. The number of carbonyl (C=O) groups excluding carboxylic acids is 1. The van der Waals surface area contributed by atoms with E-state index in [4.69, 9.17) is 0 Å². The summed E-state index contributed by atoms with van der Waals surface area (Å²) in [6.07, 6.45) is 1.81. The molecule has 0 saturated heterocycles. The van der Waals surface area contributed by atoms with Gasteiger partial charge in [-0.25, -0.2) is 13.4 Å². The molecule has 8 heteroatoms. The number of fused-ring (bicyclic) bond motifs is 2. The zero-order valence-electron chi connectivity index (χ0n) is 18.4. The van der Waals surface area contributed by atoms with Crippen molar-refractivity contribution in [3.63, 3.8) is 0 Å². The topological polar surface area (TPSA) is 83.8 Å². The minimum atomic E-state index is -3.86. The molecular weight excluding hydrogens is 448 g/mol. The third-order valence-electron chi connectivity index (χ3n) is 5.63. The number of nitrogens with one attached hydrogen (secondary N) is 1. The number of hydrogen-bond acceptors (Lipinski definition) is 4. The highest BCUT2D eigenvalue weighted by atomic mass is 32.2. The minimum Gasteiger partial charge on any atom is -0.309 e. The van der Waals surface area contributed by atoms with E-state index < -0.39 is 15.9 Å². The van der Waals surface area contributed by atoms with Gasteiger partial charge in [-0.15, -0.1) is 0 Å². The second-order valence-corrected chi connectivity index (χ2v) is 9.97. The van der Waals surface area contributed by atoms with Crippen LogP contribution in [0.15, 0.2) is 102 Å². The van der Waals surface area contributed by atoms with E-state index >= 15 is 0 Å². The molecule has 1 amide bonds. The van der Waals surface area contributed by atoms with Gasteiger partial charge in [-0.3, -0.25) is 9.20 Å². The number of nitrogens with zero attached hydrogens (tertiary/aromatic N) is 3. The highest BCUT2D eigenvalue weighted by Crippen LogP contribution is 2.29. The Bertz CT molecular complexity index is 1610. The molecule has 0 unspecified atom stereocenters. The molecule has 0 aliphatic carbocycles. The van der Waals surface area contributed by atoms with Gasteiger partial charge < -0.3 is 5.32 Å². The Hall–Kier alpha value is -4.01. The Balaban J connectivity index is 1.42. The molecular formula is C26H22N4O3S. The van der Waals surface area contributed by atoms with Crippen LogP contribution in [-0.4, -0.2) is 41.6 Å². The number of imidazole rings is 1. The molecule has 2 aromatic heterocycles. The van der Waals surface area contributed by atoms with Crippen molar-refractivity contribution in [3.8, 4) is 11.3 Å². The van der Waals surface area contributed by atoms with Crippen molar-refractivity contribution in [1.82, 2.24) is 13.7 Å². The van der Waals surface area contributed by atoms with Crippen LogP contribution in [-0.2, 0) is 14.8 Å². The van der Waals surface area contributed by atoms with Crippen LogP contribution in [0.5, 0.6) is 0 Å². The first-order chi connectivity index (χ1) is 16.4. The number of anilines is 1. The zero-order valence-corrected chi connectivity index (χ0v) is 19.2. The van der Waals surface area contributed by atoms with E-state index in [0.29, 0.717) is 17.2 Å². The normalized spacial score (nSPS) is 11.8. The van der Waals surface area contributed by atoms with Gasteiger partial charge in [0, 0.05) is 18.8 Å². The lowest BCUT2D eigenvalue weighted by Gasteiger charge is -2.17. The Morgan fingerprint density at radius 1 is 0.912 bits per heavy atom. The van der Waals surface area contributed by atoms with E-state index in [9.17, 15) is 13.2 Å². The Kier molecular flexibility index (Phi) is 5.61. The highest BCUT2D eigenvalue weighted by Gasteiger charge is 2.24. The van der Waals surface area contributed by atoms with Gasteiger partial charge >= 0.3 is 0 Å². The molecule has 0 spiro atoms. The quantitative estimate of drug-likeness (QED) is 0.398. The maximum Gasteiger partial charge on any atom is 0.243 e. The molecule has 0 atom stereocenters. The van der Waals surface area contributed by atoms with Gasteiger partial charge in [0.1, 0.15) is 17.2 Å². The summed E-state index contributed by atoms with van der Waals surface area (Å²) in [5, 5.41) is 4.64. The van der Waals surface area contributed by atoms with Crippen molar-refractivity contribution >= 4 is 38.2 Å². The number of hydrogen-bond donors (Lipinski definition) is 1. The number of aromatic nitrogens is 2. The number of benzene rings is 3. The summed E-state index contributed by atoms with van der Waals surface area (Å²) in [7, 11) is -2.46. The third kappa shape index (κ3) is 4.05. The van der Waals surface area contributed by atoms with Gasteiger partial charge in [-0.1, -0.05) is 66.7 Å². The van der Waals surface area contributed by atoms with Crippen LogP contribution in [0, 0.1) is 0 Å². The molecule has 3 aromatic carbocycles. The molecule has 1 N–H and O–H groups in total. The fourth-order valence-electron chi connectivity index (χ4n) is 3.88. The smallest absolute Gasteiger partial charge is 0.243 e. The van der Waals surface area contributed by atoms with Gasteiger partial charge in [0.15, 0.2) is 0 Å². The molecule has 7 nitrogen and oxygen atoms in total. The van der Waals surface area contributed by atoms with Crippen molar-refractivity contribution in [1.29, 1.82) is 0 Å². The van der Waals surface area contributed by atoms with Crippen LogP contribution in [0.2, 0.25) is 0 Å². The second-order valence-electron chi connectivity index (χ2n) is 7.92. The number of amides is 1. The van der Waals surface area contributed by atoms with E-state index in [2.05, 4.69) is 10.3 Å². The lowest BCUT2D eigenvalue weighted by molar-refractivity contribution is -0.116. The molecule has 0 radical (unpaired) electrons. The predicted molar refractivity (Wildman–Crippen MR) is 133 cm³/mol. The summed E-state index contributed by atoms with van der Waals surface area (Å²) < 4.78 is 29.1. The number of carbonyl (C=O) groups is 1. The van der Waals surface area contributed by atoms with E-state index in [1.165, 1.54) is 7.05 Å². The average molecular weight is 471 g/mol. The average Bonchev–Trinajstić information content (AvgIpc) is 3.22. The third-order valence-corrected chi connectivity index (χ3v) is 7.43. The van der Waals surface area contributed by atoms with Crippen LogP contribution >= 0.6 is 0 Å². The fraction of sp³-hybridized carbons (Fsp3) is 0.0769. The molecule has 5 rings (SSSR count). The summed E-state index contributed by atoms with van der Waals surface area (Å²) in [5.41, 5.74) is 2.13. The zero-order chi connectivity index (χ0) is 23.7. The first kappa shape index (κ1) is 21.8. The van der Waals surface area contributed by atoms with Crippen LogP contribution < -0.4 is 5.32 Å². The van der Waals surface area contributed by atoms with Gasteiger partial charge in [0.05, 0.1) is 11.4 Å². The number of sulfonamides is 1. The van der Waals surface area contributed by atoms with E-state index in [1.54, 1.807) is 28.8 Å². The van der Waals surface area contributed by atoms with Gasteiger partial charge in [-0.05, 0) is 35.0 Å². The Morgan fingerprint density at radius 2 is 1.62 bits per heavy atom. The van der Waals surface area contributed by atoms with E-state index in [0.717, 1.165) is 20.6 Å². The number of pyridine rings is 1. The van der Waals surface area contributed by atoms with Crippen molar-refractivity contribution in [2.75, 3.05) is 18.9 Å². The highest BCUT2D eigenvalue weighted by molar-refractivity contribution is 7.89. The molecule has 34 heavy (non-hydrogen) atoms. The number of likely N-dealkylation sites (N-methyl/N-ethyl adjacent to an activating group) is 1. The summed E-state index contributed by atoms with van der Waals surface area (Å²) in [4.78, 5) is 17.8. The van der Waals surface area contributed by atoms with Crippen molar-refractivity contribution in [2.24, 2.45) is 0 Å². The molecule has 0 fully saturated rings.